The minimum Gasteiger partial charge on any atom is -0.495 e. The van der Waals surface area contributed by atoms with E-state index in [9.17, 15) is 38.7 Å². The Morgan fingerprint density at radius 2 is 1.57 bits per heavy atom. The summed E-state index contributed by atoms with van der Waals surface area (Å²) in [4.78, 5) is 102. The molecule has 25 heteroatoms. The Balaban J connectivity index is 0.862. The number of methoxy groups -OCH3 is 2. The molecule has 2 unspecified atom stereocenters. The van der Waals surface area contributed by atoms with Crippen molar-refractivity contribution >= 4 is 69.9 Å². The van der Waals surface area contributed by atoms with Gasteiger partial charge in [-0.05, 0) is 89.5 Å². The Bertz CT molecular complexity index is 3320. The highest BCUT2D eigenvalue weighted by Gasteiger charge is 2.63. The fraction of sp³-hybridized carbons (Fsp3) is 0.643. The Kier molecular flexibility index (Phi) is 24.2. The predicted molar refractivity (Wildman–Crippen MR) is 355 cm³/mol. The van der Waals surface area contributed by atoms with Crippen LogP contribution < -0.4 is 15.0 Å². The minimum atomic E-state index is -1.93. The summed E-state index contributed by atoms with van der Waals surface area (Å²) in [5.74, 6) is -2.28. The first kappa shape index (κ1) is 72.6. The summed E-state index contributed by atoms with van der Waals surface area (Å²) in [6.45, 7) is 9.57. The number of fused-ring (bicyclic) bond motifs is 9. The number of hydrogen-bond donors (Lipinski definition) is 3. The first-order valence-electron chi connectivity index (χ1n) is 33.6. The number of hydrogen-bond acceptors (Lipinski definition) is 17. The molecule has 7 heterocycles. The molecule has 5 amide bonds. The zero-order chi connectivity index (χ0) is 68.5. The summed E-state index contributed by atoms with van der Waals surface area (Å²) in [7, 11) is 10.2. The van der Waals surface area contributed by atoms with Gasteiger partial charge in [0.2, 0.25) is 23.6 Å². The lowest BCUT2D eigenvalue weighted by Crippen LogP contribution is -2.72. The minimum absolute atomic E-state index is 0.0319. The average Bonchev–Trinajstić information content (AvgIpc) is 1.66. The van der Waals surface area contributed by atoms with Gasteiger partial charge in [0, 0.05) is 122 Å². The lowest BCUT2D eigenvalue weighted by Gasteiger charge is -2.59. The number of carboxylic acid groups (broad SMARTS) is 1. The fourth-order valence-electron chi connectivity index (χ4n) is 15.0. The quantitative estimate of drug-likeness (QED) is 0.0487. The van der Waals surface area contributed by atoms with E-state index in [0.29, 0.717) is 62.7 Å². The van der Waals surface area contributed by atoms with Crippen LogP contribution in [0.2, 0.25) is 5.02 Å². The SMILES string of the molecule is COc1cc2cc(c1Cl)N(C)C(=O)C[C@H](OC(=O)[C@@H](C)N(C)C(=O)CCC(=O)N(CCOCCOCCC(=O)O)C1CCN(C(=O)CCn3c4c(c5ccccc53)C(C3CCCCCC3)N(C)N(C)C4)CC1)[C@@]1(C)CC(C)(O1)[C@@H]1C[C@@](O)(NC(=O)O1)[C@H](OC)/C=C/C=C(\C)C2. The number of para-hydroxylation sites is 1. The van der Waals surface area contributed by atoms with Crippen molar-refractivity contribution in [3.05, 3.63) is 82.0 Å². The number of carbonyl (C=O) groups excluding carboxylic acids is 6. The van der Waals surface area contributed by atoms with Gasteiger partial charge in [0.1, 0.15) is 46.3 Å². The molecule has 95 heavy (non-hydrogen) atoms. The van der Waals surface area contributed by atoms with E-state index in [2.05, 4.69) is 58.3 Å². The van der Waals surface area contributed by atoms with Gasteiger partial charge in [0.15, 0.2) is 5.72 Å². The number of carboxylic acids is 1. The lowest BCUT2D eigenvalue weighted by molar-refractivity contribution is -0.328. The number of esters is 1. The van der Waals surface area contributed by atoms with Gasteiger partial charge in [-0.1, -0.05) is 79.3 Å². The van der Waals surface area contributed by atoms with E-state index in [1.54, 1.807) is 50.1 Å². The van der Waals surface area contributed by atoms with Crippen molar-refractivity contribution in [2.24, 2.45) is 5.92 Å². The summed E-state index contributed by atoms with van der Waals surface area (Å²) in [6, 6.07) is 10.9. The largest absolute Gasteiger partial charge is 0.495 e. The normalized spacial score (nSPS) is 27.0. The third-order valence-electron chi connectivity index (χ3n) is 20.5. The third kappa shape index (κ3) is 16.9. The molecule has 6 aliphatic heterocycles. The van der Waals surface area contributed by atoms with Crippen LogP contribution in [0.15, 0.2) is 60.2 Å². The third-order valence-corrected chi connectivity index (χ3v) is 20.9. The van der Waals surface area contributed by atoms with Crippen molar-refractivity contribution in [2.75, 3.05) is 93.4 Å². The number of aliphatic hydroxyl groups is 1. The van der Waals surface area contributed by atoms with Gasteiger partial charge in [-0.25, -0.2) is 19.6 Å². The van der Waals surface area contributed by atoms with E-state index < -0.39 is 77.5 Å². The first-order valence-corrected chi connectivity index (χ1v) is 34.0. The monoisotopic (exact) mass is 1340 g/mol. The maximum atomic E-state index is 14.6. The Morgan fingerprint density at radius 1 is 0.884 bits per heavy atom. The first-order chi connectivity index (χ1) is 45.3. The van der Waals surface area contributed by atoms with Crippen molar-refractivity contribution in [3.63, 3.8) is 0 Å². The van der Waals surface area contributed by atoms with Crippen molar-refractivity contribution in [3.8, 4) is 5.75 Å². The number of nitrogens with zero attached hydrogens (tertiary/aromatic N) is 7. The van der Waals surface area contributed by atoms with Gasteiger partial charge in [-0.2, -0.15) is 0 Å². The predicted octanol–water partition coefficient (Wildman–Crippen LogP) is 8.12. The maximum absolute atomic E-state index is 14.6. The average molecular weight is 1340 g/mol. The number of hydrazine groups is 1. The number of anilines is 1. The summed E-state index contributed by atoms with van der Waals surface area (Å²) in [6.07, 6.45) is 8.97. The standard InChI is InChI=1S/C70H99ClN8O16/c1-45-18-17-23-55(90-10)70(88)42-57(94-67(87)72-70)69(4)44-68(3,95-69)56(41-61(83)75(7)52-39-47(38-45)40-54(89-9)64(52)71)93-66(86)46(2)74(6)58(80)24-25-60(82)78(33-35-92-37-36-91-34-29-62(84)85)49-26-30-77(31-27-49)59(81)28-32-79-51-22-16-15-21-50(51)63-53(79)43-73(5)76(8)65(63)48-19-13-11-12-14-20-48/h15-18,21-23,39-40,46,48-49,55-57,65,88H,11-14,19-20,24-38,41-44H2,1-10H3,(H,72,87)(H,84,85)/b23-17+,45-18+/t46-,55-,56+,57+,65?,68-,69?,70+/m1/s1. The highest BCUT2D eigenvalue weighted by molar-refractivity contribution is 6.35. The molecule has 3 N–H and O–H groups in total. The van der Waals surface area contributed by atoms with Crippen molar-refractivity contribution < 1.29 is 76.9 Å². The van der Waals surface area contributed by atoms with Crippen LogP contribution in [0.4, 0.5) is 10.5 Å². The number of ether oxygens (including phenoxy) is 7. The molecule has 24 nitrogen and oxygen atoms in total. The zero-order valence-electron chi connectivity index (χ0n) is 57.0. The van der Waals surface area contributed by atoms with Crippen molar-refractivity contribution in [1.82, 2.24) is 34.6 Å². The lowest BCUT2D eigenvalue weighted by atomic mass is 9.72. The number of rotatable bonds is 22. The number of aromatic nitrogens is 1. The van der Waals surface area contributed by atoms with Gasteiger partial charge >= 0.3 is 18.0 Å². The van der Waals surface area contributed by atoms with Crippen LogP contribution >= 0.6 is 11.6 Å². The molecule has 10 rings (SSSR count). The number of likely N-dealkylation sites (N-methyl/N-ethyl adjacent to an activating group) is 1. The second kappa shape index (κ2) is 31.7. The van der Waals surface area contributed by atoms with Gasteiger partial charge in [-0.15, -0.1) is 0 Å². The van der Waals surface area contributed by atoms with Crippen molar-refractivity contribution in [2.45, 2.75) is 197 Å². The topological polar surface area (TPSA) is 261 Å². The molecule has 0 radical (unpaired) electrons. The summed E-state index contributed by atoms with van der Waals surface area (Å²) in [5, 5.41) is 29.7. The molecule has 4 fully saturated rings. The van der Waals surface area contributed by atoms with E-state index in [1.807, 2.05) is 17.9 Å². The van der Waals surface area contributed by atoms with Crippen LogP contribution in [0, 0.1) is 5.92 Å². The van der Waals surface area contributed by atoms with Gasteiger partial charge < -0.3 is 67.5 Å². The summed E-state index contributed by atoms with van der Waals surface area (Å²) < 4.78 is 43.7. The number of benzene rings is 2. The van der Waals surface area contributed by atoms with E-state index in [-0.39, 0.29) is 94.0 Å². The number of aliphatic carboxylic acids is 1. The van der Waals surface area contributed by atoms with E-state index in [0.717, 1.165) is 23.2 Å². The highest BCUT2D eigenvalue weighted by atomic mass is 35.5. The van der Waals surface area contributed by atoms with E-state index in [1.165, 1.54) is 93.2 Å². The molecule has 1 aliphatic carbocycles. The molecule has 6 bridgehead atoms. The second-order valence-corrected chi connectivity index (χ2v) is 27.5. The Labute approximate surface area is 563 Å². The molecule has 7 aliphatic rings. The van der Waals surface area contributed by atoms with Crippen LogP contribution in [-0.2, 0) is 76.7 Å². The fourth-order valence-corrected chi connectivity index (χ4v) is 15.3. The molecule has 2 aromatic carbocycles. The number of alkyl carbamates (subject to hydrolysis) is 1. The summed E-state index contributed by atoms with van der Waals surface area (Å²) in [5.41, 5.74) is 1.22. The number of likely N-dealkylation sites (tertiary alicyclic amines) is 1. The van der Waals surface area contributed by atoms with Crippen LogP contribution in [0.3, 0.4) is 0 Å². The van der Waals surface area contributed by atoms with Crippen molar-refractivity contribution in [1.29, 1.82) is 0 Å². The molecule has 3 saturated heterocycles. The molecular formula is C70H99ClN8O16. The maximum Gasteiger partial charge on any atom is 0.409 e. The van der Waals surface area contributed by atoms with Gasteiger partial charge in [0.05, 0.1) is 64.7 Å². The highest BCUT2D eigenvalue weighted by Crippen LogP contribution is 2.51. The van der Waals surface area contributed by atoms with Crippen LogP contribution in [-0.4, -0.2) is 217 Å². The Hall–Kier alpha value is -6.64. The molecule has 1 aromatic heterocycles. The number of nitrogens with one attached hydrogen (secondary N) is 1. The molecule has 522 valence electrons. The molecule has 0 spiro atoms. The number of amides is 5. The molecule has 1 saturated carbocycles. The van der Waals surface area contributed by atoms with Crippen LogP contribution in [0.1, 0.15) is 147 Å². The number of aryl methyl sites for hydroxylation is 1. The number of allylic oxidation sites excluding steroid dienone is 3. The molecule has 8 atom stereocenters. The molecular weight excluding hydrogens is 1240 g/mol. The number of carbonyl (C=O) groups is 7. The smallest absolute Gasteiger partial charge is 0.409 e. The van der Waals surface area contributed by atoms with Gasteiger partial charge in [-0.3, -0.25) is 29.3 Å². The second-order valence-electron chi connectivity index (χ2n) is 27.1. The number of halogens is 1. The summed E-state index contributed by atoms with van der Waals surface area (Å²) >= 11 is 6.90. The van der Waals surface area contributed by atoms with Crippen LogP contribution in [0.5, 0.6) is 5.75 Å². The molecule has 3 aromatic rings. The zero-order valence-corrected chi connectivity index (χ0v) is 57.8. The van der Waals surface area contributed by atoms with Crippen LogP contribution in [0.25, 0.3) is 10.9 Å². The van der Waals surface area contributed by atoms with Gasteiger partial charge in [0.25, 0.3) is 0 Å². The Morgan fingerprint density at radius 3 is 2.25 bits per heavy atom. The van der Waals surface area contributed by atoms with E-state index >= 15 is 0 Å². The van der Waals surface area contributed by atoms with E-state index in [4.69, 9.17) is 49.9 Å². The number of piperidine rings is 1.